The van der Waals surface area contributed by atoms with E-state index in [1.165, 1.54) is 11.3 Å². The van der Waals surface area contributed by atoms with Crippen LogP contribution < -0.4 is 5.32 Å². The van der Waals surface area contributed by atoms with Crippen molar-refractivity contribution in [3.8, 4) is 0 Å². The molecular formula is C12H16N4OS. The van der Waals surface area contributed by atoms with Gasteiger partial charge in [-0.1, -0.05) is 13.8 Å². The molecule has 2 aromatic heterocycles. The van der Waals surface area contributed by atoms with Gasteiger partial charge in [0.25, 0.3) is 0 Å². The fourth-order valence-electron chi connectivity index (χ4n) is 1.68. The Bertz CT molecular complexity index is 504. The molecule has 18 heavy (non-hydrogen) atoms. The van der Waals surface area contributed by atoms with Crippen molar-refractivity contribution in [2.45, 2.75) is 32.9 Å². The van der Waals surface area contributed by atoms with Crippen molar-refractivity contribution in [1.82, 2.24) is 19.9 Å². The summed E-state index contributed by atoms with van der Waals surface area (Å²) in [6.07, 6.45) is 5.29. The van der Waals surface area contributed by atoms with Gasteiger partial charge in [0.15, 0.2) is 0 Å². The van der Waals surface area contributed by atoms with Crippen LogP contribution in [0.15, 0.2) is 24.0 Å². The van der Waals surface area contributed by atoms with Crippen molar-refractivity contribution in [2.75, 3.05) is 0 Å². The molecular weight excluding hydrogens is 248 g/mol. The maximum atomic E-state index is 11.8. The summed E-state index contributed by atoms with van der Waals surface area (Å²) in [7, 11) is 0. The number of nitrogens with one attached hydrogen (secondary N) is 1. The predicted octanol–water partition coefficient (Wildman–Crippen LogP) is 1.78. The Morgan fingerprint density at radius 3 is 2.94 bits per heavy atom. The molecule has 6 heteroatoms. The molecule has 0 aromatic carbocycles. The predicted molar refractivity (Wildman–Crippen MR) is 70.3 cm³/mol. The summed E-state index contributed by atoms with van der Waals surface area (Å²) in [5.41, 5.74) is 0. The van der Waals surface area contributed by atoms with Crippen LogP contribution in [0.25, 0.3) is 0 Å². The summed E-state index contributed by atoms with van der Waals surface area (Å²) in [5, 5.41) is 5.66. The second-order valence-corrected chi connectivity index (χ2v) is 5.25. The lowest BCUT2D eigenvalue weighted by molar-refractivity contribution is -0.121. The highest BCUT2D eigenvalue weighted by atomic mass is 32.1. The third-order valence-corrected chi connectivity index (χ3v) is 3.28. The molecule has 0 unspecified atom stereocenters. The Morgan fingerprint density at radius 2 is 2.28 bits per heavy atom. The standard InChI is InChI=1S/C12H16N4OS/c1-9(2)12-14-3-5-16(12)8-10(17)15-7-11-13-4-6-18-11/h3-6,9H,7-8H2,1-2H3,(H,15,17). The molecule has 96 valence electrons. The molecule has 2 aromatic rings. The number of aromatic nitrogens is 3. The van der Waals surface area contributed by atoms with Gasteiger partial charge in [-0.05, 0) is 0 Å². The van der Waals surface area contributed by atoms with Crippen LogP contribution in [0.4, 0.5) is 0 Å². The summed E-state index contributed by atoms with van der Waals surface area (Å²) in [6.45, 7) is 4.92. The van der Waals surface area contributed by atoms with Crippen molar-refractivity contribution in [3.05, 3.63) is 34.8 Å². The third-order valence-electron chi connectivity index (χ3n) is 2.50. The van der Waals surface area contributed by atoms with Crippen LogP contribution in [0.5, 0.6) is 0 Å². The van der Waals surface area contributed by atoms with E-state index in [1.807, 2.05) is 16.1 Å². The normalized spacial score (nSPS) is 10.8. The molecule has 2 heterocycles. The minimum Gasteiger partial charge on any atom is -0.348 e. The first-order chi connectivity index (χ1) is 8.66. The Kier molecular flexibility index (Phi) is 4.09. The highest BCUT2D eigenvalue weighted by molar-refractivity contribution is 7.09. The topological polar surface area (TPSA) is 59.8 Å². The molecule has 1 amide bonds. The fraction of sp³-hybridized carbons (Fsp3) is 0.417. The molecule has 0 fully saturated rings. The van der Waals surface area contributed by atoms with Crippen LogP contribution in [0.1, 0.15) is 30.6 Å². The average molecular weight is 264 g/mol. The molecule has 0 radical (unpaired) electrons. The lowest BCUT2D eigenvalue weighted by Crippen LogP contribution is -2.27. The van der Waals surface area contributed by atoms with Gasteiger partial charge in [0.1, 0.15) is 17.4 Å². The van der Waals surface area contributed by atoms with Gasteiger partial charge in [0, 0.05) is 29.9 Å². The molecule has 0 aliphatic carbocycles. The van der Waals surface area contributed by atoms with Crippen LogP contribution in [0.2, 0.25) is 0 Å². The minimum absolute atomic E-state index is 0.0231. The minimum atomic E-state index is -0.0231. The van der Waals surface area contributed by atoms with E-state index in [0.29, 0.717) is 19.0 Å². The molecule has 0 aliphatic heterocycles. The molecule has 0 aliphatic rings. The molecule has 2 rings (SSSR count). The van der Waals surface area contributed by atoms with Crippen LogP contribution in [-0.2, 0) is 17.9 Å². The number of hydrogen-bond donors (Lipinski definition) is 1. The van der Waals surface area contributed by atoms with Gasteiger partial charge in [-0.2, -0.15) is 0 Å². The van der Waals surface area contributed by atoms with Gasteiger partial charge < -0.3 is 9.88 Å². The Hall–Kier alpha value is -1.69. The first kappa shape index (κ1) is 12.8. The zero-order valence-corrected chi connectivity index (χ0v) is 11.3. The summed E-state index contributed by atoms with van der Waals surface area (Å²) < 4.78 is 1.88. The number of hydrogen-bond acceptors (Lipinski definition) is 4. The molecule has 0 saturated heterocycles. The van der Waals surface area contributed by atoms with Gasteiger partial charge in [0.05, 0.1) is 6.54 Å². The zero-order valence-electron chi connectivity index (χ0n) is 10.5. The SMILES string of the molecule is CC(C)c1nccn1CC(=O)NCc1nccs1. The summed E-state index contributed by atoms with van der Waals surface area (Å²) in [6, 6.07) is 0. The van der Waals surface area contributed by atoms with Crippen molar-refractivity contribution in [2.24, 2.45) is 0 Å². The molecule has 0 bridgehead atoms. The molecule has 1 N–H and O–H groups in total. The smallest absolute Gasteiger partial charge is 0.240 e. The van der Waals surface area contributed by atoms with Gasteiger partial charge in [0.2, 0.25) is 5.91 Å². The Balaban J connectivity index is 1.89. The number of carbonyl (C=O) groups excluding carboxylic acids is 1. The van der Waals surface area contributed by atoms with E-state index >= 15 is 0 Å². The number of thiazole rings is 1. The van der Waals surface area contributed by atoms with E-state index in [-0.39, 0.29) is 5.91 Å². The first-order valence-electron chi connectivity index (χ1n) is 5.83. The van der Waals surface area contributed by atoms with Gasteiger partial charge in [-0.15, -0.1) is 11.3 Å². The van der Waals surface area contributed by atoms with Crippen LogP contribution in [0, 0.1) is 0 Å². The monoisotopic (exact) mass is 264 g/mol. The van der Waals surface area contributed by atoms with E-state index in [0.717, 1.165) is 10.8 Å². The molecule has 0 saturated carbocycles. The number of amides is 1. The maximum absolute atomic E-state index is 11.8. The number of rotatable bonds is 5. The number of carbonyl (C=O) groups is 1. The summed E-state index contributed by atoms with van der Waals surface area (Å²) in [4.78, 5) is 20.2. The second kappa shape index (κ2) is 5.77. The lowest BCUT2D eigenvalue weighted by atomic mass is 10.2. The van der Waals surface area contributed by atoms with Gasteiger partial charge in [-0.3, -0.25) is 4.79 Å². The van der Waals surface area contributed by atoms with Crippen molar-refractivity contribution >= 4 is 17.2 Å². The molecule has 5 nitrogen and oxygen atoms in total. The molecule has 0 spiro atoms. The van der Waals surface area contributed by atoms with Crippen molar-refractivity contribution < 1.29 is 4.79 Å². The van der Waals surface area contributed by atoms with Gasteiger partial charge >= 0.3 is 0 Å². The van der Waals surface area contributed by atoms with Crippen molar-refractivity contribution in [1.29, 1.82) is 0 Å². The van der Waals surface area contributed by atoms with Crippen molar-refractivity contribution in [3.63, 3.8) is 0 Å². The number of imidazole rings is 1. The summed E-state index contributed by atoms with van der Waals surface area (Å²) >= 11 is 1.54. The van der Waals surface area contributed by atoms with E-state index in [4.69, 9.17) is 0 Å². The Labute approximate surface area is 110 Å². The van der Waals surface area contributed by atoms with E-state index in [9.17, 15) is 4.79 Å². The van der Waals surface area contributed by atoms with Crippen LogP contribution in [0.3, 0.4) is 0 Å². The first-order valence-corrected chi connectivity index (χ1v) is 6.71. The van der Waals surface area contributed by atoms with E-state index in [1.54, 1.807) is 12.4 Å². The Morgan fingerprint density at radius 1 is 1.44 bits per heavy atom. The van der Waals surface area contributed by atoms with E-state index in [2.05, 4.69) is 29.1 Å². The summed E-state index contributed by atoms with van der Waals surface area (Å²) in [5.74, 6) is 1.22. The molecule has 0 atom stereocenters. The fourth-order valence-corrected chi connectivity index (χ4v) is 2.24. The third kappa shape index (κ3) is 3.16. The largest absolute Gasteiger partial charge is 0.348 e. The maximum Gasteiger partial charge on any atom is 0.240 e. The average Bonchev–Trinajstić information content (AvgIpc) is 2.96. The lowest BCUT2D eigenvalue weighted by Gasteiger charge is -2.10. The quantitative estimate of drug-likeness (QED) is 0.895. The highest BCUT2D eigenvalue weighted by Gasteiger charge is 2.10. The van der Waals surface area contributed by atoms with Crippen LogP contribution in [-0.4, -0.2) is 20.4 Å². The number of nitrogens with zero attached hydrogens (tertiary/aromatic N) is 3. The van der Waals surface area contributed by atoms with Gasteiger partial charge in [-0.25, -0.2) is 9.97 Å². The zero-order chi connectivity index (χ0) is 13.0. The highest BCUT2D eigenvalue weighted by Crippen LogP contribution is 2.11. The second-order valence-electron chi connectivity index (χ2n) is 4.27. The van der Waals surface area contributed by atoms with E-state index < -0.39 is 0 Å². The van der Waals surface area contributed by atoms with Crippen LogP contribution >= 0.6 is 11.3 Å².